The Kier molecular flexibility index (Phi) is 9.76. The fraction of sp³-hybridized carbons (Fsp3) is 0.500. The Hall–Kier alpha value is -3.39. The number of carbonyl (C=O) groups is 2. The van der Waals surface area contributed by atoms with Gasteiger partial charge in [0.25, 0.3) is 0 Å². The minimum Gasteiger partial charge on any atom is -0.370 e. The number of benzene rings is 2. The normalized spacial score (nSPS) is 21.2. The minimum absolute atomic E-state index is 0.0543. The molecule has 2 aliphatic rings. The highest BCUT2D eigenvalue weighted by Crippen LogP contribution is 2.35. The molecule has 1 heterocycles. The molecule has 8 heteroatoms. The Morgan fingerprint density at radius 2 is 1.74 bits per heavy atom. The van der Waals surface area contributed by atoms with Crippen LogP contribution >= 0.6 is 0 Å². The van der Waals surface area contributed by atoms with E-state index in [0.717, 1.165) is 51.4 Å². The number of hydrogen-bond donors (Lipinski definition) is 5. The van der Waals surface area contributed by atoms with Gasteiger partial charge in [0.1, 0.15) is 0 Å². The molecule has 1 aliphatic carbocycles. The van der Waals surface area contributed by atoms with Crippen LogP contribution in [-0.4, -0.2) is 60.4 Å². The highest BCUT2D eigenvalue weighted by atomic mass is 16.2. The summed E-state index contributed by atoms with van der Waals surface area (Å²) in [5, 5.41) is 17.1. The fourth-order valence-corrected chi connectivity index (χ4v) is 6.21. The Morgan fingerprint density at radius 3 is 2.32 bits per heavy atom. The second-order valence-electron chi connectivity index (χ2n) is 10.8. The predicted octanol–water partition coefficient (Wildman–Crippen LogP) is 3.09. The molecule has 204 valence electrons. The Morgan fingerprint density at radius 1 is 1.11 bits per heavy atom. The average Bonchev–Trinajstić information content (AvgIpc) is 3.33. The molecule has 2 aromatic rings. The highest BCUT2D eigenvalue weighted by Gasteiger charge is 2.39. The molecular formula is C30H42N6O2. The van der Waals surface area contributed by atoms with Crippen molar-refractivity contribution in [3.05, 3.63) is 71.8 Å². The molecule has 4 rings (SSSR count). The van der Waals surface area contributed by atoms with Crippen LogP contribution in [0, 0.1) is 5.41 Å². The Labute approximate surface area is 226 Å². The molecule has 8 nitrogen and oxygen atoms in total. The molecule has 0 bridgehead atoms. The van der Waals surface area contributed by atoms with Gasteiger partial charge in [-0.2, -0.15) is 0 Å². The third kappa shape index (κ3) is 7.34. The summed E-state index contributed by atoms with van der Waals surface area (Å²) in [6.07, 6.45) is 8.10. The van der Waals surface area contributed by atoms with Gasteiger partial charge in [-0.25, -0.2) is 0 Å². The van der Waals surface area contributed by atoms with Crippen LogP contribution < -0.4 is 21.7 Å². The third-order valence-corrected chi connectivity index (χ3v) is 8.15. The molecule has 1 saturated carbocycles. The van der Waals surface area contributed by atoms with Crippen molar-refractivity contribution in [2.24, 2.45) is 5.73 Å². The van der Waals surface area contributed by atoms with E-state index in [-0.39, 0.29) is 35.4 Å². The van der Waals surface area contributed by atoms with E-state index in [2.05, 4.69) is 64.5 Å². The van der Waals surface area contributed by atoms with E-state index in [9.17, 15) is 9.59 Å². The second-order valence-corrected chi connectivity index (χ2v) is 10.8. The van der Waals surface area contributed by atoms with E-state index >= 15 is 0 Å². The molecule has 2 fully saturated rings. The number of hydrogen-bond acceptors (Lipinski definition) is 4. The van der Waals surface area contributed by atoms with Gasteiger partial charge in [-0.05, 0) is 49.7 Å². The number of amides is 2. The van der Waals surface area contributed by atoms with Gasteiger partial charge in [-0.1, -0.05) is 73.5 Å². The van der Waals surface area contributed by atoms with Crippen LogP contribution in [0.25, 0.3) is 0 Å². The summed E-state index contributed by atoms with van der Waals surface area (Å²) in [5.41, 5.74) is 7.66. The standard InChI is InChI=1S/C30H42N6O2/c31-29(32)33-18-9-14-27-28(38)36(19-15-25(35-27)20-30(34-22-37)16-7-8-17-30)21-26(23-10-3-1-4-11-23)24-12-5-2-6-13-24/h1-6,10-13,22,25-27,35H,7-9,14-21H2,(H,34,37)(H4,31,32,33)/t25-,27-/m0/s1. The lowest BCUT2D eigenvalue weighted by molar-refractivity contribution is -0.133. The average molecular weight is 519 g/mol. The molecular weight excluding hydrogens is 476 g/mol. The molecule has 0 radical (unpaired) electrons. The molecule has 0 unspecified atom stereocenters. The first kappa shape index (κ1) is 27.6. The van der Waals surface area contributed by atoms with Gasteiger partial charge in [-0.15, -0.1) is 0 Å². The smallest absolute Gasteiger partial charge is 0.239 e. The zero-order chi connectivity index (χ0) is 26.8. The topological polar surface area (TPSA) is 123 Å². The molecule has 2 aromatic carbocycles. The maximum absolute atomic E-state index is 14.0. The first-order valence-corrected chi connectivity index (χ1v) is 13.9. The molecule has 1 aliphatic heterocycles. The van der Waals surface area contributed by atoms with Crippen LogP contribution in [0.5, 0.6) is 0 Å². The largest absolute Gasteiger partial charge is 0.370 e. The van der Waals surface area contributed by atoms with Gasteiger partial charge in [0.15, 0.2) is 5.96 Å². The summed E-state index contributed by atoms with van der Waals surface area (Å²) in [4.78, 5) is 27.4. The minimum atomic E-state index is -0.321. The van der Waals surface area contributed by atoms with Gasteiger partial charge in [0.2, 0.25) is 12.3 Å². The van der Waals surface area contributed by atoms with Crippen molar-refractivity contribution in [3.63, 3.8) is 0 Å². The van der Waals surface area contributed by atoms with E-state index < -0.39 is 0 Å². The molecule has 0 aromatic heterocycles. The molecule has 2 atom stereocenters. The van der Waals surface area contributed by atoms with Crippen molar-refractivity contribution in [2.45, 2.75) is 74.9 Å². The Bertz CT molecular complexity index is 1000. The quantitative estimate of drug-likeness (QED) is 0.128. The van der Waals surface area contributed by atoms with Crippen molar-refractivity contribution in [2.75, 3.05) is 19.6 Å². The summed E-state index contributed by atoms with van der Waals surface area (Å²) in [7, 11) is 0. The van der Waals surface area contributed by atoms with Crippen molar-refractivity contribution in [1.82, 2.24) is 20.9 Å². The lowest BCUT2D eigenvalue weighted by Gasteiger charge is -2.33. The lowest BCUT2D eigenvalue weighted by atomic mass is 9.87. The predicted molar refractivity (Wildman–Crippen MR) is 151 cm³/mol. The zero-order valence-corrected chi connectivity index (χ0v) is 22.2. The van der Waals surface area contributed by atoms with Crippen molar-refractivity contribution in [1.29, 1.82) is 5.41 Å². The first-order valence-electron chi connectivity index (χ1n) is 13.9. The van der Waals surface area contributed by atoms with Crippen LogP contribution in [0.4, 0.5) is 0 Å². The van der Waals surface area contributed by atoms with Crippen LogP contribution in [-0.2, 0) is 9.59 Å². The Balaban J connectivity index is 1.54. The van der Waals surface area contributed by atoms with E-state index in [4.69, 9.17) is 11.1 Å². The molecule has 2 amide bonds. The number of nitrogens with two attached hydrogens (primary N) is 1. The van der Waals surface area contributed by atoms with E-state index in [0.29, 0.717) is 26.1 Å². The van der Waals surface area contributed by atoms with Gasteiger partial charge >= 0.3 is 0 Å². The van der Waals surface area contributed by atoms with Crippen LogP contribution in [0.3, 0.4) is 0 Å². The van der Waals surface area contributed by atoms with Gasteiger partial charge < -0.3 is 26.6 Å². The highest BCUT2D eigenvalue weighted by molar-refractivity contribution is 5.82. The third-order valence-electron chi connectivity index (χ3n) is 8.15. The molecule has 0 spiro atoms. The van der Waals surface area contributed by atoms with Crippen molar-refractivity contribution in [3.8, 4) is 0 Å². The molecule has 6 N–H and O–H groups in total. The first-order chi connectivity index (χ1) is 18.5. The number of nitrogens with zero attached hydrogens (tertiary/aromatic N) is 1. The summed E-state index contributed by atoms with van der Waals surface area (Å²) in [6, 6.07) is 20.6. The lowest BCUT2D eigenvalue weighted by Crippen LogP contribution is -2.51. The number of guanidine groups is 1. The van der Waals surface area contributed by atoms with E-state index in [1.807, 2.05) is 17.0 Å². The number of carbonyl (C=O) groups excluding carboxylic acids is 2. The van der Waals surface area contributed by atoms with E-state index in [1.165, 1.54) is 11.1 Å². The maximum Gasteiger partial charge on any atom is 0.239 e. The summed E-state index contributed by atoms with van der Waals surface area (Å²) >= 11 is 0. The SMILES string of the molecule is N=C(N)NCCC[C@@H]1N[C@H](CC2(NC=O)CCCC2)CCN(CC(c2ccccc2)c2ccccc2)C1=O. The fourth-order valence-electron chi connectivity index (χ4n) is 6.21. The van der Waals surface area contributed by atoms with Crippen LogP contribution in [0.15, 0.2) is 60.7 Å². The molecule has 1 saturated heterocycles. The van der Waals surface area contributed by atoms with Gasteiger partial charge in [0.05, 0.1) is 6.04 Å². The van der Waals surface area contributed by atoms with Gasteiger partial charge in [0, 0.05) is 37.1 Å². The summed E-state index contributed by atoms with van der Waals surface area (Å²) in [5.74, 6) is 0.146. The summed E-state index contributed by atoms with van der Waals surface area (Å²) in [6.45, 7) is 1.84. The molecule has 38 heavy (non-hydrogen) atoms. The zero-order valence-electron chi connectivity index (χ0n) is 22.2. The second kappa shape index (κ2) is 13.4. The number of rotatable bonds is 12. The van der Waals surface area contributed by atoms with Crippen LogP contribution in [0.1, 0.15) is 68.4 Å². The van der Waals surface area contributed by atoms with Crippen LogP contribution in [0.2, 0.25) is 0 Å². The van der Waals surface area contributed by atoms with Crippen molar-refractivity contribution >= 4 is 18.3 Å². The maximum atomic E-state index is 14.0. The van der Waals surface area contributed by atoms with Crippen molar-refractivity contribution < 1.29 is 9.59 Å². The number of nitrogens with one attached hydrogen (secondary N) is 4. The van der Waals surface area contributed by atoms with E-state index in [1.54, 1.807) is 0 Å². The monoisotopic (exact) mass is 518 g/mol. The van der Waals surface area contributed by atoms with Gasteiger partial charge in [-0.3, -0.25) is 15.0 Å². The summed E-state index contributed by atoms with van der Waals surface area (Å²) < 4.78 is 0.